The van der Waals surface area contributed by atoms with Gasteiger partial charge in [-0.05, 0) is 36.4 Å². The summed E-state index contributed by atoms with van der Waals surface area (Å²) in [5, 5.41) is 0.306. The monoisotopic (exact) mass is 353 g/mol. The Kier molecular flexibility index (Phi) is 5.06. The number of para-hydroxylation sites is 2. The molecule has 0 N–H and O–H groups in total. The molecule has 5 nitrogen and oxygen atoms in total. The molecule has 0 saturated carbocycles. The van der Waals surface area contributed by atoms with Gasteiger partial charge in [0.1, 0.15) is 17.1 Å². The van der Waals surface area contributed by atoms with Crippen molar-refractivity contribution in [3.05, 3.63) is 89.2 Å². The van der Waals surface area contributed by atoms with Crippen LogP contribution in [-0.4, -0.2) is 16.9 Å². The normalized spacial score (nSPS) is 10.1. The fourth-order valence-corrected chi connectivity index (χ4v) is 2.22. The third-order valence-corrected chi connectivity index (χ3v) is 3.56. The fraction of sp³-hybridized carbons (Fsp3) is 0. The Morgan fingerprint density at radius 3 is 2.20 bits per heavy atom. The molecule has 0 aliphatic heterocycles. The molecule has 0 fully saturated rings. The minimum atomic E-state index is -0.678. The number of rotatable bonds is 4. The minimum absolute atomic E-state index is 0.0911. The maximum atomic E-state index is 12.4. The largest absolute Gasteiger partial charge is 0.422 e. The van der Waals surface area contributed by atoms with E-state index < -0.39 is 11.9 Å². The van der Waals surface area contributed by atoms with Gasteiger partial charge in [0.15, 0.2) is 0 Å². The Morgan fingerprint density at radius 1 is 0.800 bits per heavy atom. The molecule has 0 radical (unpaired) electrons. The van der Waals surface area contributed by atoms with Crippen molar-refractivity contribution in [3.63, 3.8) is 0 Å². The summed E-state index contributed by atoms with van der Waals surface area (Å²) in [5.74, 6) is -0.982. The average Bonchev–Trinajstić information content (AvgIpc) is 2.64. The zero-order valence-electron chi connectivity index (χ0n) is 12.9. The topological polar surface area (TPSA) is 65.5 Å². The Hall–Kier alpha value is -3.18. The summed E-state index contributed by atoms with van der Waals surface area (Å²) in [6.45, 7) is 0. The van der Waals surface area contributed by atoms with Crippen molar-refractivity contribution in [1.29, 1.82) is 0 Å². The molecular weight excluding hydrogens is 342 g/mol. The molecule has 3 aromatic rings. The van der Waals surface area contributed by atoms with E-state index in [1.54, 1.807) is 54.7 Å². The summed E-state index contributed by atoms with van der Waals surface area (Å²) >= 11 is 5.99. The van der Waals surface area contributed by atoms with Crippen molar-refractivity contribution in [1.82, 2.24) is 4.98 Å². The second-order valence-corrected chi connectivity index (χ2v) is 5.35. The summed E-state index contributed by atoms with van der Waals surface area (Å²) in [7, 11) is 0. The van der Waals surface area contributed by atoms with Crippen LogP contribution in [0, 0.1) is 0 Å². The van der Waals surface area contributed by atoms with E-state index in [9.17, 15) is 9.59 Å². The lowest BCUT2D eigenvalue weighted by Gasteiger charge is -2.10. The van der Waals surface area contributed by atoms with Crippen LogP contribution in [0.15, 0.2) is 73.1 Å². The standard InChI is InChI=1S/C19H12ClNO4/c20-15-8-2-4-10-17(15)25-19(23)14-7-1-3-9-16(14)24-18(22)13-6-5-11-21-12-13/h1-12H. The van der Waals surface area contributed by atoms with E-state index >= 15 is 0 Å². The van der Waals surface area contributed by atoms with Crippen LogP contribution >= 0.6 is 11.6 Å². The Balaban J connectivity index is 1.82. The van der Waals surface area contributed by atoms with Crippen LogP contribution in [0.2, 0.25) is 5.02 Å². The molecule has 6 heteroatoms. The summed E-state index contributed by atoms with van der Waals surface area (Å²) in [6.07, 6.45) is 2.93. The van der Waals surface area contributed by atoms with E-state index in [1.807, 2.05) is 0 Å². The Labute approximate surface area is 148 Å². The molecule has 0 saturated heterocycles. The SMILES string of the molecule is O=C(Oc1ccccc1C(=O)Oc1ccccc1Cl)c1cccnc1. The molecule has 1 aromatic heterocycles. The van der Waals surface area contributed by atoms with Gasteiger partial charge in [-0.1, -0.05) is 35.9 Å². The number of pyridine rings is 1. The molecule has 0 aliphatic carbocycles. The predicted molar refractivity (Wildman–Crippen MR) is 92.0 cm³/mol. The van der Waals surface area contributed by atoms with Crippen molar-refractivity contribution in [2.45, 2.75) is 0 Å². The average molecular weight is 354 g/mol. The third-order valence-electron chi connectivity index (χ3n) is 3.25. The van der Waals surface area contributed by atoms with E-state index in [2.05, 4.69) is 4.98 Å². The van der Waals surface area contributed by atoms with Crippen LogP contribution in [0.1, 0.15) is 20.7 Å². The van der Waals surface area contributed by atoms with E-state index in [0.29, 0.717) is 5.02 Å². The Morgan fingerprint density at radius 2 is 1.48 bits per heavy atom. The first-order chi connectivity index (χ1) is 12.1. The quantitative estimate of drug-likeness (QED) is 0.520. The van der Waals surface area contributed by atoms with Crippen molar-refractivity contribution in [2.75, 3.05) is 0 Å². The molecule has 3 rings (SSSR count). The predicted octanol–water partition coefficient (Wildman–Crippen LogP) is 4.17. The second kappa shape index (κ2) is 7.59. The lowest BCUT2D eigenvalue weighted by molar-refractivity contribution is 0.0707. The first kappa shape index (κ1) is 16.7. The summed E-state index contributed by atoms with van der Waals surface area (Å²) in [4.78, 5) is 28.4. The minimum Gasteiger partial charge on any atom is -0.422 e. The number of hydrogen-bond donors (Lipinski definition) is 0. The molecular formula is C19H12ClNO4. The fourth-order valence-electron chi connectivity index (χ4n) is 2.05. The molecule has 0 bridgehead atoms. The van der Waals surface area contributed by atoms with Crippen LogP contribution in [0.4, 0.5) is 0 Å². The first-order valence-electron chi connectivity index (χ1n) is 7.33. The van der Waals surface area contributed by atoms with E-state index in [-0.39, 0.29) is 22.6 Å². The highest BCUT2D eigenvalue weighted by molar-refractivity contribution is 6.32. The molecule has 0 spiro atoms. The van der Waals surface area contributed by atoms with Gasteiger partial charge < -0.3 is 9.47 Å². The van der Waals surface area contributed by atoms with Crippen LogP contribution in [0.25, 0.3) is 0 Å². The zero-order valence-corrected chi connectivity index (χ0v) is 13.6. The number of esters is 2. The molecule has 0 amide bonds. The maximum absolute atomic E-state index is 12.4. The third kappa shape index (κ3) is 4.02. The lowest BCUT2D eigenvalue weighted by Crippen LogP contribution is -2.14. The highest BCUT2D eigenvalue weighted by Crippen LogP contribution is 2.26. The van der Waals surface area contributed by atoms with Crippen LogP contribution in [-0.2, 0) is 0 Å². The summed E-state index contributed by atoms with van der Waals surface area (Å²) in [6, 6.07) is 16.1. The van der Waals surface area contributed by atoms with E-state index in [0.717, 1.165) is 0 Å². The van der Waals surface area contributed by atoms with Gasteiger partial charge in [0.25, 0.3) is 0 Å². The highest BCUT2D eigenvalue weighted by Gasteiger charge is 2.18. The number of carbonyl (C=O) groups is 2. The smallest absolute Gasteiger partial charge is 0.347 e. The van der Waals surface area contributed by atoms with Gasteiger partial charge in [-0.2, -0.15) is 0 Å². The van der Waals surface area contributed by atoms with Gasteiger partial charge >= 0.3 is 11.9 Å². The molecule has 2 aromatic carbocycles. The molecule has 0 atom stereocenters. The molecule has 0 aliphatic rings. The summed E-state index contributed by atoms with van der Waals surface area (Å²) < 4.78 is 10.6. The number of hydrogen-bond acceptors (Lipinski definition) is 5. The number of carbonyl (C=O) groups excluding carboxylic acids is 2. The summed E-state index contributed by atoms with van der Waals surface area (Å²) in [5.41, 5.74) is 0.386. The van der Waals surface area contributed by atoms with Crippen LogP contribution < -0.4 is 9.47 Å². The van der Waals surface area contributed by atoms with Gasteiger partial charge in [-0.3, -0.25) is 4.98 Å². The molecule has 25 heavy (non-hydrogen) atoms. The van der Waals surface area contributed by atoms with Gasteiger partial charge in [-0.15, -0.1) is 0 Å². The number of benzene rings is 2. The number of ether oxygens (including phenoxy) is 2. The number of nitrogens with zero attached hydrogens (tertiary/aromatic N) is 1. The van der Waals surface area contributed by atoms with Crippen LogP contribution in [0.5, 0.6) is 11.5 Å². The van der Waals surface area contributed by atoms with Gasteiger partial charge in [0.05, 0.1) is 10.6 Å². The van der Waals surface area contributed by atoms with Crippen molar-refractivity contribution in [2.24, 2.45) is 0 Å². The van der Waals surface area contributed by atoms with E-state index in [1.165, 1.54) is 18.3 Å². The molecule has 1 heterocycles. The highest BCUT2D eigenvalue weighted by atomic mass is 35.5. The van der Waals surface area contributed by atoms with Crippen molar-refractivity contribution < 1.29 is 19.1 Å². The second-order valence-electron chi connectivity index (χ2n) is 4.95. The van der Waals surface area contributed by atoms with E-state index in [4.69, 9.17) is 21.1 Å². The Bertz CT molecular complexity index is 912. The van der Waals surface area contributed by atoms with Gasteiger partial charge in [0.2, 0.25) is 0 Å². The lowest BCUT2D eigenvalue weighted by atomic mass is 10.2. The maximum Gasteiger partial charge on any atom is 0.347 e. The number of aromatic nitrogens is 1. The van der Waals surface area contributed by atoms with Gasteiger partial charge in [0, 0.05) is 12.4 Å². The zero-order chi connectivity index (χ0) is 17.6. The van der Waals surface area contributed by atoms with Crippen LogP contribution in [0.3, 0.4) is 0 Å². The molecule has 0 unspecified atom stereocenters. The van der Waals surface area contributed by atoms with Crippen molar-refractivity contribution >= 4 is 23.5 Å². The number of halogens is 1. The van der Waals surface area contributed by atoms with Gasteiger partial charge in [-0.25, -0.2) is 9.59 Å². The molecule has 124 valence electrons. The first-order valence-corrected chi connectivity index (χ1v) is 7.71. The van der Waals surface area contributed by atoms with Crippen molar-refractivity contribution in [3.8, 4) is 11.5 Å².